The Morgan fingerprint density at radius 1 is 1.00 bits per heavy atom. The maximum Gasteiger partial charge on any atom is 0.307 e. The number of hydrogen-bond acceptors (Lipinski definition) is 3. The van der Waals surface area contributed by atoms with Crippen LogP contribution in [0.2, 0.25) is 0 Å². The van der Waals surface area contributed by atoms with E-state index in [1.54, 1.807) is 4.90 Å². The Labute approximate surface area is 104 Å². The molecule has 4 heteroatoms. The molecule has 0 spiro atoms. The molecule has 1 amide bonds. The van der Waals surface area contributed by atoms with Crippen LogP contribution >= 0.6 is 0 Å². The lowest BCUT2D eigenvalue weighted by atomic mass is 10.2. The van der Waals surface area contributed by atoms with Crippen molar-refractivity contribution in [2.24, 2.45) is 0 Å². The summed E-state index contributed by atoms with van der Waals surface area (Å²) in [4.78, 5) is 24.7. The topological polar surface area (TPSA) is 46.6 Å². The minimum atomic E-state index is -0.255. The van der Waals surface area contributed by atoms with E-state index < -0.39 is 0 Å². The molecule has 0 radical (unpaired) electrons. The molecule has 0 aromatic carbocycles. The number of unbranched alkanes of at least 4 members (excludes halogenated alkanes) is 2. The Balaban J connectivity index is 4.09. The maximum absolute atomic E-state index is 11.8. The Morgan fingerprint density at radius 2 is 1.71 bits per heavy atom. The second-order valence-corrected chi connectivity index (χ2v) is 4.16. The summed E-state index contributed by atoms with van der Waals surface area (Å²) in [6.07, 6.45) is 4.96. The number of amides is 1. The normalized spacial score (nSPS) is 10.1. The van der Waals surface area contributed by atoms with Gasteiger partial charge >= 0.3 is 5.97 Å². The van der Waals surface area contributed by atoms with E-state index in [1.807, 2.05) is 6.92 Å². The predicted molar refractivity (Wildman–Crippen MR) is 67.6 cm³/mol. The van der Waals surface area contributed by atoms with E-state index in [4.69, 9.17) is 0 Å². The monoisotopic (exact) mass is 243 g/mol. The first-order chi connectivity index (χ1) is 8.15. The highest BCUT2D eigenvalue weighted by Gasteiger charge is 2.13. The van der Waals surface area contributed by atoms with Gasteiger partial charge in [-0.05, 0) is 12.8 Å². The zero-order valence-electron chi connectivity index (χ0n) is 11.3. The standard InChI is InChI=1S/C13H25NO3/c1-4-6-7-10-14(12(15)8-5-2)11-9-13(16)17-3/h4-11H2,1-3H3. The molecule has 0 N–H and O–H groups in total. The Bertz CT molecular complexity index is 229. The molecule has 0 atom stereocenters. The molecule has 0 rings (SSSR count). The van der Waals surface area contributed by atoms with E-state index in [9.17, 15) is 9.59 Å². The summed E-state index contributed by atoms with van der Waals surface area (Å²) in [6, 6.07) is 0. The molecule has 0 aliphatic rings. The fraction of sp³-hybridized carbons (Fsp3) is 0.846. The van der Waals surface area contributed by atoms with Gasteiger partial charge in [-0.2, -0.15) is 0 Å². The summed E-state index contributed by atoms with van der Waals surface area (Å²) in [7, 11) is 1.37. The van der Waals surface area contributed by atoms with E-state index in [0.29, 0.717) is 13.0 Å². The smallest absolute Gasteiger partial charge is 0.307 e. The van der Waals surface area contributed by atoms with E-state index in [2.05, 4.69) is 11.7 Å². The summed E-state index contributed by atoms with van der Waals surface area (Å²) in [5, 5.41) is 0. The zero-order chi connectivity index (χ0) is 13.1. The molecule has 0 bridgehead atoms. The number of methoxy groups -OCH3 is 1. The van der Waals surface area contributed by atoms with Crippen molar-refractivity contribution in [3.8, 4) is 0 Å². The molecule has 0 heterocycles. The zero-order valence-corrected chi connectivity index (χ0v) is 11.3. The maximum atomic E-state index is 11.8. The van der Waals surface area contributed by atoms with Crippen molar-refractivity contribution in [2.45, 2.75) is 52.4 Å². The number of nitrogens with zero attached hydrogens (tertiary/aromatic N) is 1. The summed E-state index contributed by atoms with van der Waals surface area (Å²) < 4.78 is 4.59. The number of ether oxygens (including phenoxy) is 1. The van der Waals surface area contributed by atoms with E-state index in [1.165, 1.54) is 7.11 Å². The van der Waals surface area contributed by atoms with Gasteiger partial charge in [0.15, 0.2) is 0 Å². The molecule has 4 nitrogen and oxygen atoms in total. The first-order valence-electron chi connectivity index (χ1n) is 6.50. The van der Waals surface area contributed by atoms with Crippen LogP contribution in [0.4, 0.5) is 0 Å². The van der Waals surface area contributed by atoms with Crippen molar-refractivity contribution < 1.29 is 14.3 Å². The number of carbonyl (C=O) groups excluding carboxylic acids is 2. The molecule has 100 valence electrons. The number of rotatable bonds is 9. The van der Waals surface area contributed by atoms with Gasteiger partial charge in [-0.3, -0.25) is 9.59 Å². The van der Waals surface area contributed by atoms with Crippen LogP contribution in [0.25, 0.3) is 0 Å². The van der Waals surface area contributed by atoms with Crippen LogP contribution in [-0.2, 0) is 14.3 Å². The summed E-state index contributed by atoms with van der Waals surface area (Å²) >= 11 is 0. The minimum Gasteiger partial charge on any atom is -0.469 e. The molecule has 0 saturated carbocycles. The average molecular weight is 243 g/mol. The minimum absolute atomic E-state index is 0.146. The molecule has 0 aliphatic heterocycles. The number of carbonyl (C=O) groups is 2. The summed E-state index contributed by atoms with van der Waals surface area (Å²) in [5.74, 6) is -0.109. The SMILES string of the molecule is CCCCCN(CCC(=O)OC)C(=O)CCC. The second-order valence-electron chi connectivity index (χ2n) is 4.16. The van der Waals surface area contributed by atoms with Crippen LogP contribution in [0.15, 0.2) is 0 Å². The molecular weight excluding hydrogens is 218 g/mol. The quantitative estimate of drug-likeness (QED) is 0.461. The van der Waals surface area contributed by atoms with E-state index in [0.717, 1.165) is 32.2 Å². The van der Waals surface area contributed by atoms with Gasteiger partial charge in [0, 0.05) is 19.5 Å². The third kappa shape index (κ3) is 7.77. The van der Waals surface area contributed by atoms with Gasteiger partial charge in [0.05, 0.1) is 13.5 Å². The molecule has 0 aliphatic carbocycles. The van der Waals surface area contributed by atoms with E-state index >= 15 is 0 Å². The third-order valence-electron chi connectivity index (χ3n) is 2.66. The van der Waals surface area contributed by atoms with Gasteiger partial charge < -0.3 is 9.64 Å². The van der Waals surface area contributed by atoms with Crippen LogP contribution < -0.4 is 0 Å². The summed E-state index contributed by atoms with van der Waals surface area (Å²) in [6.45, 7) is 5.36. The Morgan fingerprint density at radius 3 is 2.24 bits per heavy atom. The molecule has 0 fully saturated rings. The molecule has 17 heavy (non-hydrogen) atoms. The van der Waals surface area contributed by atoms with Crippen LogP contribution in [0.1, 0.15) is 52.4 Å². The van der Waals surface area contributed by atoms with Gasteiger partial charge in [0.1, 0.15) is 0 Å². The first-order valence-corrected chi connectivity index (χ1v) is 6.50. The number of hydrogen-bond donors (Lipinski definition) is 0. The second kappa shape index (κ2) is 10.1. The predicted octanol–water partition coefficient (Wildman–Crippen LogP) is 2.37. The highest BCUT2D eigenvalue weighted by molar-refractivity contribution is 5.77. The van der Waals surface area contributed by atoms with Crippen molar-refractivity contribution in [2.75, 3.05) is 20.2 Å². The van der Waals surface area contributed by atoms with Crippen molar-refractivity contribution in [1.29, 1.82) is 0 Å². The largest absolute Gasteiger partial charge is 0.469 e. The van der Waals surface area contributed by atoms with Gasteiger partial charge in [-0.25, -0.2) is 0 Å². The third-order valence-corrected chi connectivity index (χ3v) is 2.66. The molecule has 0 unspecified atom stereocenters. The first kappa shape index (κ1) is 15.9. The van der Waals surface area contributed by atoms with Gasteiger partial charge in [0.2, 0.25) is 5.91 Å². The van der Waals surface area contributed by atoms with Crippen molar-refractivity contribution in [3.63, 3.8) is 0 Å². The van der Waals surface area contributed by atoms with Crippen LogP contribution in [-0.4, -0.2) is 37.0 Å². The van der Waals surface area contributed by atoms with Crippen molar-refractivity contribution in [3.05, 3.63) is 0 Å². The van der Waals surface area contributed by atoms with Gasteiger partial charge in [0.25, 0.3) is 0 Å². The highest BCUT2D eigenvalue weighted by Crippen LogP contribution is 2.04. The van der Waals surface area contributed by atoms with E-state index in [-0.39, 0.29) is 18.3 Å². The van der Waals surface area contributed by atoms with Crippen LogP contribution in [0.5, 0.6) is 0 Å². The molecule has 0 aromatic rings. The lowest BCUT2D eigenvalue weighted by molar-refractivity contribution is -0.141. The van der Waals surface area contributed by atoms with Crippen molar-refractivity contribution in [1.82, 2.24) is 4.90 Å². The lowest BCUT2D eigenvalue weighted by Gasteiger charge is -2.22. The average Bonchev–Trinajstić information content (AvgIpc) is 2.33. The van der Waals surface area contributed by atoms with Crippen LogP contribution in [0.3, 0.4) is 0 Å². The summed E-state index contributed by atoms with van der Waals surface area (Å²) in [5.41, 5.74) is 0. The Hall–Kier alpha value is -1.06. The van der Waals surface area contributed by atoms with Crippen LogP contribution in [0, 0.1) is 0 Å². The molecule has 0 saturated heterocycles. The Kier molecular flexibility index (Phi) is 9.49. The fourth-order valence-corrected chi connectivity index (χ4v) is 1.61. The highest BCUT2D eigenvalue weighted by atomic mass is 16.5. The number of esters is 1. The van der Waals surface area contributed by atoms with Gasteiger partial charge in [-0.15, -0.1) is 0 Å². The lowest BCUT2D eigenvalue weighted by Crippen LogP contribution is -2.33. The van der Waals surface area contributed by atoms with Crippen molar-refractivity contribution >= 4 is 11.9 Å². The molecule has 0 aromatic heterocycles. The fourth-order valence-electron chi connectivity index (χ4n) is 1.61. The molecular formula is C13H25NO3. The van der Waals surface area contributed by atoms with Gasteiger partial charge in [-0.1, -0.05) is 26.7 Å².